The first-order chi connectivity index (χ1) is 13.7. The molecule has 0 aromatic heterocycles. The highest BCUT2D eigenvalue weighted by atomic mass is 31.2. The van der Waals surface area contributed by atoms with Crippen molar-refractivity contribution in [1.29, 1.82) is 0 Å². The normalized spacial score (nSPS) is 12.8. The Morgan fingerprint density at radius 3 is 1.66 bits per heavy atom. The molecule has 0 aliphatic carbocycles. The van der Waals surface area contributed by atoms with Crippen LogP contribution in [-0.4, -0.2) is 33.4 Å². The van der Waals surface area contributed by atoms with Crippen LogP contribution in [0.5, 0.6) is 0 Å². The van der Waals surface area contributed by atoms with Crippen LogP contribution in [0.3, 0.4) is 0 Å². The predicted molar refractivity (Wildman–Crippen MR) is 118 cm³/mol. The van der Waals surface area contributed by atoms with E-state index in [0.29, 0.717) is 5.57 Å². The van der Waals surface area contributed by atoms with Gasteiger partial charge in [0.2, 0.25) is 0 Å². The fourth-order valence-electron chi connectivity index (χ4n) is 3.40. The molecule has 29 heavy (non-hydrogen) atoms. The summed E-state index contributed by atoms with van der Waals surface area (Å²) in [6, 6.07) is 0. The Kier molecular flexibility index (Phi) is 16.9. The van der Waals surface area contributed by atoms with Gasteiger partial charge in [0, 0.05) is 0 Å². The van der Waals surface area contributed by atoms with E-state index < -0.39 is 26.3 Å². The van der Waals surface area contributed by atoms with Crippen molar-refractivity contribution in [2.24, 2.45) is 0 Å². The SMILES string of the molecule is CCCCCCCCC(CCCCCCCC)=C(C)C(=O)C(O)COP(=O)(O)O. The molecule has 0 saturated heterocycles. The molecule has 0 bridgehead atoms. The molecule has 0 aromatic rings. The maximum absolute atomic E-state index is 12.5. The molecule has 172 valence electrons. The topological polar surface area (TPSA) is 104 Å². The van der Waals surface area contributed by atoms with E-state index in [0.717, 1.165) is 44.1 Å². The van der Waals surface area contributed by atoms with Gasteiger partial charge in [-0.1, -0.05) is 83.6 Å². The summed E-state index contributed by atoms with van der Waals surface area (Å²) in [6.45, 7) is 5.41. The number of phosphoric ester groups is 1. The Morgan fingerprint density at radius 1 is 0.828 bits per heavy atom. The number of phosphoric acid groups is 1. The van der Waals surface area contributed by atoms with Crippen LogP contribution in [0.4, 0.5) is 0 Å². The number of Topliss-reactive ketones (excluding diaryl/α,β-unsaturated/α-hetero) is 1. The van der Waals surface area contributed by atoms with Crippen molar-refractivity contribution < 1.29 is 28.8 Å². The molecule has 0 spiro atoms. The lowest BCUT2D eigenvalue weighted by atomic mass is 9.93. The molecule has 1 atom stereocenters. The third-order valence-corrected chi connectivity index (χ3v) is 5.75. The fraction of sp³-hybridized carbons (Fsp3) is 0.864. The zero-order valence-electron chi connectivity index (χ0n) is 18.7. The summed E-state index contributed by atoms with van der Waals surface area (Å²) in [7, 11) is -4.70. The molecule has 0 fully saturated rings. The highest BCUT2D eigenvalue weighted by Gasteiger charge is 2.24. The van der Waals surface area contributed by atoms with Crippen LogP contribution in [0.25, 0.3) is 0 Å². The number of aliphatic hydroxyl groups is 1. The van der Waals surface area contributed by atoms with E-state index in [2.05, 4.69) is 18.4 Å². The number of unbranched alkanes of at least 4 members (excludes halogenated alkanes) is 10. The monoisotopic (exact) mass is 434 g/mol. The van der Waals surface area contributed by atoms with Crippen molar-refractivity contribution >= 4 is 13.6 Å². The van der Waals surface area contributed by atoms with Gasteiger partial charge in [-0.05, 0) is 38.2 Å². The van der Waals surface area contributed by atoms with E-state index in [9.17, 15) is 14.5 Å². The summed E-state index contributed by atoms with van der Waals surface area (Å²) in [5.74, 6) is -0.495. The Bertz CT molecular complexity index is 493. The van der Waals surface area contributed by atoms with Crippen LogP contribution < -0.4 is 0 Å². The Labute approximate surface area is 177 Å². The van der Waals surface area contributed by atoms with Gasteiger partial charge in [0.15, 0.2) is 5.78 Å². The van der Waals surface area contributed by atoms with E-state index in [4.69, 9.17) is 9.79 Å². The maximum atomic E-state index is 12.5. The van der Waals surface area contributed by atoms with Crippen molar-refractivity contribution in [3.63, 3.8) is 0 Å². The van der Waals surface area contributed by atoms with Gasteiger partial charge in [-0.25, -0.2) is 4.57 Å². The van der Waals surface area contributed by atoms with E-state index >= 15 is 0 Å². The minimum atomic E-state index is -4.70. The number of hydrogen-bond acceptors (Lipinski definition) is 4. The largest absolute Gasteiger partial charge is 0.469 e. The molecule has 0 heterocycles. The second kappa shape index (κ2) is 17.2. The first kappa shape index (κ1) is 28.5. The molecule has 0 rings (SSSR count). The molecule has 7 heteroatoms. The summed E-state index contributed by atoms with van der Waals surface area (Å²) in [4.78, 5) is 30.0. The van der Waals surface area contributed by atoms with Crippen LogP contribution >= 0.6 is 7.82 Å². The summed E-state index contributed by atoms with van der Waals surface area (Å²) in [6.07, 6.45) is 14.2. The molecule has 0 aromatic carbocycles. The van der Waals surface area contributed by atoms with E-state index in [1.165, 1.54) is 51.4 Å². The fourth-order valence-corrected chi connectivity index (χ4v) is 3.74. The van der Waals surface area contributed by atoms with Gasteiger partial charge in [0.05, 0.1) is 6.61 Å². The minimum absolute atomic E-state index is 0.495. The molecule has 0 aliphatic rings. The van der Waals surface area contributed by atoms with Gasteiger partial charge in [0.1, 0.15) is 6.10 Å². The number of rotatable bonds is 19. The molecule has 0 aliphatic heterocycles. The lowest BCUT2D eigenvalue weighted by molar-refractivity contribution is -0.124. The maximum Gasteiger partial charge on any atom is 0.469 e. The number of allylic oxidation sites excluding steroid dienone is 1. The van der Waals surface area contributed by atoms with E-state index in [-0.39, 0.29) is 0 Å². The Hall–Kier alpha value is -0.520. The molecular formula is C22H43O6P. The van der Waals surface area contributed by atoms with E-state index in [1.807, 2.05) is 0 Å². The van der Waals surface area contributed by atoms with Crippen molar-refractivity contribution in [1.82, 2.24) is 0 Å². The van der Waals surface area contributed by atoms with Crippen LogP contribution in [0.2, 0.25) is 0 Å². The third kappa shape index (κ3) is 15.9. The molecule has 0 radical (unpaired) electrons. The number of carbonyl (C=O) groups is 1. The van der Waals surface area contributed by atoms with Crippen LogP contribution in [-0.2, 0) is 13.9 Å². The zero-order valence-corrected chi connectivity index (χ0v) is 19.6. The Balaban J connectivity index is 4.76. The van der Waals surface area contributed by atoms with Gasteiger partial charge in [0.25, 0.3) is 0 Å². The van der Waals surface area contributed by atoms with Crippen molar-refractivity contribution in [2.45, 2.75) is 117 Å². The summed E-state index contributed by atoms with van der Waals surface area (Å²) in [5.41, 5.74) is 1.59. The van der Waals surface area contributed by atoms with Gasteiger partial charge in [-0.15, -0.1) is 0 Å². The van der Waals surface area contributed by atoms with Crippen molar-refractivity contribution in [3.8, 4) is 0 Å². The van der Waals surface area contributed by atoms with Crippen molar-refractivity contribution in [3.05, 3.63) is 11.1 Å². The van der Waals surface area contributed by atoms with Gasteiger partial charge in [-0.2, -0.15) is 0 Å². The standard InChI is InChI=1S/C22H43O6P/c1-4-6-8-10-12-14-16-20(17-15-13-11-9-7-5-2)19(3)22(24)21(23)18-28-29(25,26)27/h21,23H,4-18H2,1-3H3,(H2,25,26,27). The number of aliphatic hydroxyl groups excluding tert-OH is 1. The van der Waals surface area contributed by atoms with Crippen LogP contribution in [0.15, 0.2) is 11.1 Å². The average Bonchev–Trinajstić information content (AvgIpc) is 2.68. The predicted octanol–water partition coefficient (Wildman–Crippen LogP) is 5.84. The molecule has 6 nitrogen and oxygen atoms in total. The highest BCUT2D eigenvalue weighted by molar-refractivity contribution is 7.46. The summed E-state index contributed by atoms with van der Waals surface area (Å²) < 4.78 is 15.1. The quantitative estimate of drug-likeness (QED) is 0.134. The second-order valence-corrected chi connectivity index (χ2v) is 9.17. The first-order valence-corrected chi connectivity index (χ1v) is 12.9. The van der Waals surface area contributed by atoms with Crippen molar-refractivity contribution in [2.75, 3.05) is 6.61 Å². The summed E-state index contributed by atoms with van der Waals surface area (Å²) >= 11 is 0. The lowest BCUT2D eigenvalue weighted by Crippen LogP contribution is -2.27. The number of hydrogen-bond donors (Lipinski definition) is 3. The molecule has 3 N–H and O–H groups in total. The number of carbonyl (C=O) groups excluding carboxylic acids is 1. The molecule has 1 unspecified atom stereocenters. The second-order valence-electron chi connectivity index (χ2n) is 7.93. The van der Waals surface area contributed by atoms with Gasteiger partial charge >= 0.3 is 7.82 Å². The van der Waals surface area contributed by atoms with E-state index in [1.54, 1.807) is 6.92 Å². The lowest BCUT2D eigenvalue weighted by Gasteiger charge is -2.16. The number of ketones is 1. The molecular weight excluding hydrogens is 391 g/mol. The first-order valence-electron chi connectivity index (χ1n) is 11.3. The van der Waals surface area contributed by atoms with Crippen LogP contribution in [0, 0.1) is 0 Å². The van der Waals surface area contributed by atoms with Crippen LogP contribution in [0.1, 0.15) is 111 Å². The molecule has 0 saturated carbocycles. The third-order valence-electron chi connectivity index (χ3n) is 5.27. The zero-order chi connectivity index (χ0) is 22.1. The Morgan fingerprint density at radius 2 is 1.24 bits per heavy atom. The highest BCUT2D eigenvalue weighted by Crippen LogP contribution is 2.36. The minimum Gasteiger partial charge on any atom is -0.382 e. The molecule has 0 amide bonds. The average molecular weight is 435 g/mol. The smallest absolute Gasteiger partial charge is 0.382 e. The summed E-state index contributed by atoms with van der Waals surface area (Å²) in [5, 5.41) is 9.99. The van der Waals surface area contributed by atoms with Gasteiger partial charge in [-0.3, -0.25) is 9.32 Å². The van der Waals surface area contributed by atoms with Gasteiger partial charge < -0.3 is 14.9 Å².